The monoisotopic (exact) mass is 501 g/mol. The molecule has 0 aliphatic carbocycles. The molecule has 0 bridgehead atoms. The van der Waals surface area contributed by atoms with Gasteiger partial charge in [-0.05, 0) is 65.7 Å². The molecule has 3 aromatic rings. The lowest BCUT2D eigenvalue weighted by atomic mass is 10.1. The summed E-state index contributed by atoms with van der Waals surface area (Å²) >= 11 is 15.3. The fourth-order valence-corrected chi connectivity index (χ4v) is 3.57. The third-order valence-electron chi connectivity index (χ3n) is 4.58. The van der Waals surface area contributed by atoms with E-state index in [0.717, 1.165) is 26.9 Å². The highest BCUT2D eigenvalue weighted by Gasteiger charge is 2.13. The van der Waals surface area contributed by atoms with Gasteiger partial charge in [0.05, 0.1) is 5.97 Å². The fourth-order valence-electron chi connectivity index (χ4n) is 2.90. The third-order valence-corrected chi connectivity index (χ3v) is 5.70. The number of carboxylic acids is 1. The van der Waals surface area contributed by atoms with Crippen LogP contribution in [0.2, 0.25) is 5.02 Å². The normalized spacial score (nSPS) is 10.5. The number of anilines is 1. The lowest BCUT2D eigenvalue weighted by Crippen LogP contribution is -2.34. The topological polar surface area (TPSA) is 55.4 Å². The molecule has 0 heterocycles. The standard InChI is InChI=1S/C23H20BrClN2O2S/c1-15-2-11-20(25)12-21(15)26-23(30)27(14-17-5-9-19(24)10-6-17)13-16-3-7-18(8-4-16)22(28)29/h2-12H,13-14H2,1H3,(H,26,30)(H,28,29)/p-1. The van der Waals surface area contributed by atoms with Crippen molar-refractivity contribution in [2.75, 3.05) is 5.32 Å². The highest BCUT2D eigenvalue weighted by atomic mass is 79.9. The molecule has 3 aromatic carbocycles. The Balaban J connectivity index is 1.83. The largest absolute Gasteiger partial charge is 0.545 e. The SMILES string of the molecule is Cc1ccc(Cl)cc1NC(=S)N(Cc1ccc(Br)cc1)Cc1ccc(C(=O)[O-])cc1. The molecule has 0 aliphatic heterocycles. The molecule has 154 valence electrons. The maximum absolute atomic E-state index is 11.0. The van der Waals surface area contributed by atoms with Crippen molar-refractivity contribution in [2.45, 2.75) is 20.0 Å². The van der Waals surface area contributed by atoms with E-state index in [1.807, 2.05) is 54.3 Å². The predicted octanol–water partition coefficient (Wildman–Crippen LogP) is 5.17. The average molecular weight is 503 g/mol. The number of aryl methyl sites for hydroxylation is 1. The average Bonchev–Trinajstić information content (AvgIpc) is 2.72. The molecular weight excluding hydrogens is 484 g/mol. The second-order valence-electron chi connectivity index (χ2n) is 6.86. The van der Waals surface area contributed by atoms with Gasteiger partial charge in [0.2, 0.25) is 0 Å². The molecule has 4 nitrogen and oxygen atoms in total. The minimum absolute atomic E-state index is 0.147. The van der Waals surface area contributed by atoms with E-state index in [0.29, 0.717) is 23.2 Å². The predicted molar refractivity (Wildman–Crippen MR) is 127 cm³/mol. The zero-order valence-electron chi connectivity index (χ0n) is 16.2. The maximum Gasteiger partial charge on any atom is 0.174 e. The van der Waals surface area contributed by atoms with E-state index in [9.17, 15) is 9.90 Å². The number of hydrogen-bond donors (Lipinski definition) is 1. The van der Waals surface area contributed by atoms with Gasteiger partial charge in [-0.15, -0.1) is 0 Å². The molecule has 0 aliphatic rings. The first-order chi connectivity index (χ1) is 14.3. The minimum Gasteiger partial charge on any atom is -0.545 e. The molecule has 0 spiro atoms. The summed E-state index contributed by atoms with van der Waals surface area (Å²) in [7, 11) is 0. The van der Waals surface area contributed by atoms with Crippen LogP contribution in [0.5, 0.6) is 0 Å². The van der Waals surface area contributed by atoms with Gasteiger partial charge in [-0.1, -0.05) is 70.0 Å². The Morgan fingerprint density at radius 1 is 1.03 bits per heavy atom. The van der Waals surface area contributed by atoms with Crippen LogP contribution >= 0.6 is 39.7 Å². The van der Waals surface area contributed by atoms with Gasteiger partial charge in [0.25, 0.3) is 0 Å². The molecule has 0 saturated carbocycles. The second kappa shape index (κ2) is 10.1. The number of benzene rings is 3. The van der Waals surface area contributed by atoms with Crippen LogP contribution in [0.25, 0.3) is 0 Å². The number of nitrogens with zero attached hydrogens (tertiary/aromatic N) is 1. The summed E-state index contributed by atoms with van der Waals surface area (Å²) in [6.45, 7) is 3.08. The van der Waals surface area contributed by atoms with Gasteiger partial charge in [0.15, 0.2) is 5.11 Å². The summed E-state index contributed by atoms with van der Waals surface area (Å²) in [4.78, 5) is 13.0. The number of rotatable bonds is 6. The molecule has 7 heteroatoms. The molecule has 1 N–H and O–H groups in total. The van der Waals surface area contributed by atoms with Crippen LogP contribution in [-0.2, 0) is 13.1 Å². The molecule has 0 radical (unpaired) electrons. The number of carboxylic acid groups (broad SMARTS) is 1. The van der Waals surface area contributed by atoms with E-state index < -0.39 is 5.97 Å². The van der Waals surface area contributed by atoms with Gasteiger partial charge in [-0.2, -0.15) is 0 Å². The summed E-state index contributed by atoms with van der Waals surface area (Å²) in [5.41, 5.74) is 4.05. The molecule has 0 atom stereocenters. The van der Waals surface area contributed by atoms with Gasteiger partial charge in [0, 0.05) is 28.3 Å². The maximum atomic E-state index is 11.0. The molecular formula is C23H19BrClN2O2S-. The number of aromatic carboxylic acids is 1. The Morgan fingerprint density at radius 2 is 1.60 bits per heavy atom. The van der Waals surface area contributed by atoms with Crippen LogP contribution in [0.15, 0.2) is 71.2 Å². The van der Waals surface area contributed by atoms with Crippen LogP contribution in [0.3, 0.4) is 0 Å². The van der Waals surface area contributed by atoms with E-state index in [1.165, 1.54) is 0 Å². The molecule has 30 heavy (non-hydrogen) atoms. The third kappa shape index (κ3) is 6.05. The zero-order valence-corrected chi connectivity index (χ0v) is 19.4. The van der Waals surface area contributed by atoms with Gasteiger partial charge in [-0.25, -0.2) is 0 Å². The quantitative estimate of drug-likeness (QED) is 0.471. The lowest BCUT2D eigenvalue weighted by Gasteiger charge is -2.27. The van der Waals surface area contributed by atoms with Crippen molar-refractivity contribution in [3.63, 3.8) is 0 Å². The van der Waals surface area contributed by atoms with Crippen molar-refractivity contribution < 1.29 is 9.90 Å². The summed E-state index contributed by atoms with van der Waals surface area (Å²) in [6.07, 6.45) is 0. The summed E-state index contributed by atoms with van der Waals surface area (Å²) in [5.74, 6) is -1.19. The fraction of sp³-hybridized carbons (Fsp3) is 0.130. The smallest absolute Gasteiger partial charge is 0.174 e. The minimum atomic E-state index is -1.19. The van der Waals surface area contributed by atoms with Crippen molar-refractivity contribution in [3.05, 3.63) is 98.5 Å². The van der Waals surface area contributed by atoms with Crippen LogP contribution in [0.1, 0.15) is 27.0 Å². The number of halogens is 2. The van der Waals surface area contributed by atoms with Crippen LogP contribution < -0.4 is 10.4 Å². The summed E-state index contributed by atoms with van der Waals surface area (Å²) in [5, 5.41) is 15.5. The number of thiocarbonyl (C=S) groups is 1. The first kappa shape index (κ1) is 22.3. The van der Waals surface area contributed by atoms with Crippen molar-refractivity contribution in [1.29, 1.82) is 0 Å². The molecule has 0 saturated heterocycles. The number of hydrogen-bond acceptors (Lipinski definition) is 3. The highest BCUT2D eigenvalue weighted by Crippen LogP contribution is 2.22. The van der Waals surface area contributed by atoms with Gasteiger partial charge >= 0.3 is 0 Å². The van der Waals surface area contributed by atoms with Gasteiger partial charge in [-0.3, -0.25) is 0 Å². The van der Waals surface area contributed by atoms with Gasteiger partial charge < -0.3 is 20.1 Å². The number of carbonyl (C=O) groups excluding carboxylic acids is 1. The summed E-state index contributed by atoms with van der Waals surface area (Å²) in [6, 6.07) is 20.3. The Labute approximate surface area is 194 Å². The molecule has 0 aromatic heterocycles. The van der Waals surface area contributed by atoms with Crippen LogP contribution in [0, 0.1) is 6.92 Å². The molecule has 0 fully saturated rings. The van der Waals surface area contributed by atoms with Crippen molar-refractivity contribution in [2.24, 2.45) is 0 Å². The molecule has 0 amide bonds. The number of carbonyl (C=O) groups is 1. The van der Waals surface area contributed by atoms with E-state index >= 15 is 0 Å². The Kier molecular flexibility index (Phi) is 7.48. The van der Waals surface area contributed by atoms with Crippen molar-refractivity contribution in [3.8, 4) is 0 Å². The second-order valence-corrected chi connectivity index (χ2v) is 8.60. The van der Waals surface area contributed by atoms with E-state index in [1.54, 1.807) is 24.3 Å². The van der Waals surface area contributed by atoms with E-state index in [4.69, 9.17) is 23.8 Å². The van der Waals surface area contributed by atoms with Crippen LogP contribution in [0.4, 0.5) is 5.69 Å². The van der Waals surface area contributed by atoms with Crippen LogP contribution in [-0.4, -0.2) is 16.0 Å². The van der Waals surface area contributed by atoms with Gasteiger partial charge in [0.1, 0.15) is 0 Å². The highest BCUT2D eigenvalue weighted by molar-refractivity contribution is 9.10. The van der Waals surface area contributed by atoms with E-state index in [-0.39, 0.29) is 5.56 Å². The Hall–Kier alpha value is -2.41. The Morgan fingerprint density at radius 3 is 2.17 bits per heavy atom. The number of nitrogens with one attached hydrogen (secondary N) is 1. The molecule has 0 unspecified atom stereocenters. The lowest BCUT2D eigenvalue weighted by molar-refractivity contribution is -0.255. The van der Waals surface area contributed by atoms with Crippen molar-refractivity contribution in [1.82, 2.24) is 4.90 Å². The van der Waals surface area contributed by atoms with Crippen molar-refractivity contribution >= 4 is 56.5 Å². The Bertz CT molecular complexity index is 1060. The zero-order chi connectivity index (χ0) is 21.7. The first-order valence-electron chi connectivity index (χ1n) is 9.18. The first-order valence-corrected chi connectivity index (χ1v) is 10.8. The summed E-state index contributed by atoms with van der Waals surface area (Å²) < 4.78 is 1.01. The molecule has 3 rings (SSSR count). The van der Waals surface area contributed by atoms with E-state index in [2.05, 4.69) is 21.2 Å².